The summed E-state index contributed by atoms with van der Waals surface area (Å²) < 4.78 is 13.6. The van der Waals surface area contributed by atoms with E-state index in [1.807, 2.05) is 0 Å². The van der Waals surface area contributed by atoms with Gasteiger partial charge in [0.15, 0.2) is 5.16 Å². The first-order valence-corrected chi connectivity index (χ1v) is 5.75. The summed E-state index contributed by atoms with van der Waals surface area (Å²) in [6.45, 7) is 0. The molecule has 2 rings (SSSR count). The van der Waals surface area contributed by atoms with Gasteiger partial charge in [-0.2, -0.15) is 0 Å². The van der Waals surface area contributed by atoms with Crippen LogP contribution in [0.1, 0.15) is 5.56 Å². The van der Waals surface area contributed by atoms with Crippen LogP contribution >= 0.6 is 11.8 Å². The van der Waals surface area contributed by atoms with Crippen molar-refractivity contribution < 1.29 is 4.39 Å². The SMILES string of the molecule is N=C(N)c1c(F)cccc1Sc1nccc(=O)[nH]1. The smallest absolute Gasteiger partial charge is 0.251 e. The first kappa shape index (κ1) is 12.3. The minimum Gasteiger partial charge on any atom is -0.384 e. The number of amidine groups is 1. The third-order valence-electron chi connectivity index (χ3n) is 2.10. The molecule has 18 heavy (non-hydrogen) atoms. The van der Waals surface area contributed by atoms with Gasteiger partial charge in [0.25, 0.3) is 5.56 Å². The lowest BCUT2D eigenvalue weighted by Gasteiger charge is -2.07. The van der Waals surface area contributed by atoms with Gasteiger partial charge in [-0.3, -0.25) is 10.2 Å². The minimum atomic E-state index is -0.578. The molecular weight excluding hydrogens is 255 g/mol. The maximum absolute atomic E-state index is 13.6. The third kappa shape index (κ3) is 2.57. The topological polar surface area (TPSA) is 95.6 Å². The van der Waals surface area contributed by atoms with E-state index in [9.17, 15) is 9.18 Å². The van der Waals surface area contributed by atoms with E-state index < -0.39 is 5.82 Å². The summed E-state index contributed by atoms with van der Waals surface area (Å²) in [5.41, 5.74) is 5.05. The summed E-state index contributed by atoms with van der Waals surface area (Å²) in [4.78, 5) is 18.0. The van der Waals surface area contributed by atoms with Crippen LogP contribution in [0.15, 0.2) is 45.3 Å². The summed E-state index contributed by atoms with van der Waals surface area (Å²) in [5, 5.41) is 7.67. The van der Waals surface area contributed by atoms with E-state index in [-0.39, 0.29) is 17.0 Å². The van der Waals surface area contributed by atoms with Crippen LogP contribution in [0.3, 0.4) is 0 Å². The van der Waals surface area contributed by atoms with Gasteiger partial charge in [0.05, 0.1) is 5.56 Å². The van der Waals surface area contributed by atoms with E-state index in [1.165, 1.54) is 24.4 Å². The second-order valence-electron chi connectivity index (χ2n) is 3.37. The molecule has 0 fully saturated rings. The van der Waals surface area contributed by atoms with Crippen molar-refractivity contribution in [3.63, 3.8) is 0 Å². The van der Waals surface area contributed by atoms with Crippen LogP contribution in [0, 0.1) is 11.2 Å². The molecule has 0 spiro atoms. The number of nitrogen functional groups attached to an aromatic ring is 1. The van der Waals surface area contributed by atoms with Gasteiger partial charge in [0.1, 0.15) is 11.7 Å². The molecule has 0 amide bonds. The molecule has 1 aromatic carbocycles. The number of aromatic amines is 1. The molecule has 92 valence electrons. The first-order valence-electron chi connectivity index (χ1n) is 4.94. The van der Waals surface area contributed by atoms with Crippen molar-refractivity contribution in [2.24, 2.45) is 5.73 Å². The molecular formula is C11H9FN4OS. The van der Waals surface area contributed by atoms with E-state index >= 15 is 0 Å². The Labute approximate surface area is 106 Å². The molecule has 0 unspecified atom stereocenters. The number of benzene rings is 1. The molecule has 4 N–H and O–H groups in total. The molecule has 0 saturated heterocycles. The van der Waals surface area contributed by atoms with Crippen molar-refractivity contribution in [1.82, 2.24) is 9.97 Å². The third-order valence-corrected chi connectivity index (χ3v) is 3.06. The highest BCUT2D eigenvalue weighted by molar-refractivity contribution is 7.99. The summed E-state index contributed by atoms with van der Waals surface area (Å²) in [7, 11) is 0. The molecule has 0 aliphatic heterocycles. The molecule has 0 aliphatic rings. The van der Waals surface area contributed by atoms with E-state index in [0.29, 0.717) is 10.1 Å². The lowest BCUT2D eigenvalue weighted by atomic mass is 10.2. The quantitative estimate of drug-likeness (QED) is 0.443. The Kier molecular flexibility index (Phi) is 3.42. The number of nitrogens with zero attached hydrogens (tertiary/aromatic N) is 1. The largest absolute Gasteiger partial charge is 0.384 e. The molecule has 0 saturated carbocycles. The van der Waals surface area contributed by atoms with E-state index in [2.05, 4.69) is 9.97 Å². The summed E-state index contributed by atoms with van der Waals surface area (Å²) in [5.74, 6) is -0.945. The first-order chi connectivity index (χ1) is 8.58. The highest BCUT2D eigenvalue weighted by Gasteiger charge is 2.13. The van der Waals surface area contributed by atoms with E-state index in [4.69, 9.17) is 11.1 Å². The van der Waals surface area contributed by atoms with Crippen molar-refractivity contribution >= 4 is 17.6 Å². The standard InChI is InChI=1S/C11H9FN4OS/c12-6-2-1-3-7(9(6)10(13)14)18-11-15-5-4-8(17)16-11/h1-5H,(H3,13,14)(H,15,16,17). The van der Waals surface area contributed by atoms with E-state index in [1.54, 1.807) is 6.07 Å². The maximum atomic E-state index is 13.6. The van der Waals surface area contributed by atoms with Gasteiger partial charge in [-0.1, -0.05) is 17.8 Å². The predicted molar refractivity (Wildman–Crippen MR) is 66.4 cm³/mol. The Morgan fingerprint density at radius 1 is 1.44 bits per heavy atom. The maximum Gasteiger partial charge on any atom is 0.251 e. The minimum absolute atomic E-state index is 0.00834. The lowest BCUT2D eigenvalue weighted by molar-refractivity contribution is 0.621. The fourth-order valence-corrected chi connectivity index (χ4v) is 2.29. The molecule has 7 heteroatoms. The van der Waals surface area contributed by atoms with Crippen molar-refractivity contribution in [2.75, 3.05) is 0 Å². The number of rotatable bonds is 3. The number of nitrogens with two attached hydrogens (primary N) is 1. The average Bonchev–Trinajstić information content (AvgIpc) is 2.28. The van der Waals surface area contributed by atoms with Crippen LogP contribution in [-0.2, 0) is 0 Å². The normalized spacial score (nSPS) is 10.3. The zero-order chi connectivity index (χ0) is 13.1. The molecule has 5 nitrogen and oxygen atoms in total. The summed E-state index contributed by atoms with van der Waals surface area (Å²) in [6, 6.07) is 5.62. The van der Waals surface area contributed by atoms with Crippen LogP contribution in [0.2, 0.25) is 0 Å². The second kappa shape index (κ2) is 5.01. The van der Waals surface area contributed by atoms with Crippen LogP contribution in [-0.4, -0.2) is 15.8 Å². The zero-order valence-corrected chi connectivity index (χ0v) is 9.92. The van der Waals surface area contributed by atoms with Gasteiger partial charge >= 0.3 is 0 Å². The molecule has 0 bridgehead atoms. The monoisotopic (exact) mass is 264 g/mol. The molecule has 0 atom stereocenters. The molecule has 1 heterocycles. The van der Waals surface area contributed by atoms with E-state index in [0.717, 1.165) is 11.8 Å². The Hall–Kier alpha value is -2.15. The van der Waals surface area contributed by atoms with Gasteiger partial charge < -0.3 is 10.7 Å². The number of aromatic nitrogens is 2. The Morgan fingerprint density at radius 3 is 2.89 bits per heavy atom. The van der Waals surface area contributed by atoms with Gasteiger partial charge in [-0.05, 0) is 12.1 Å². The molecule has 1 aromatic heterocycles. The lowest BCUT2D eigenvalue weighted by Crippen LogP contribution is -2.14. The summed E-state index contributed by atoms with van der Waals surface area (Å²) in [6.07, 6.45) is 1.36. The number of hydrogen-bond donors (Lipinski definition) is 3. The van der Waals surface area contributed by atoms with Crippen LogP contribution in [0.25, 0.3) is 0 Å². The molecule has 0 aliphatic carbocycles. The predicted octanol–water partition coefficient (Wildman–Crippen LogP) is 1.34. The van der Waals surface area contributed by atoms with Crippen LogP contribution in [0.4, 0.5) is 4.39 Å². The highest BCUT2D eigenvalue weighted by Crippen LogP contribution is 2.28. The number of H-pyrrole nitrogens is 1. The van der Waals surface area contributed by atoms with Crippen LogP contribution in [0.5, 0.6) is 0 Å². The van der Waals surface area contributed by atoms with Gasteiger partial charge in [-0.25, -0.2) is 9.37 Å². The Morgan fingerprint density at radius 2 is 2.22 bits per heavy atom. The van der Waals surface area contributed by atoms with Gasteiger partial charge in [0.2, 0.25) is 0 Å². The number of halogens is 1. The number of hydrogen-bond acceptors (Lipinski definition) is 4. The average molecular weight is 264 g/mol. The fraction of sp³-hybridized carbons (Fsp3) is 0. The van der Waals surface area contributed by atoms with Crippen molar-refractivity contribution in [3.05, 3.63) is 52.2 Å². The van der Waals surface area contributed by atoms with Gasteiger partial charge in [-0.15, -0.1) is 0 Å². The van der Waals surface area contributed by atoms with Gasteiger partial charge in [0, 0.05) is 17.2 Å². The molecule has 0 radical (unpaired) electrons. The number of nitrogens with one attached hydrogen (secondary N) is 2. The summed E-state index contributed by atoms with van der Waals surface area (Å²) >= 11 is 1.04. The Bertz CT molecular complexity index is 655. The van der Waals surface area contributed by atoms with Crippen molar-refractivity contribution in [3.8, 4) is 0 Å². The Balaban J connectivity index is 2.43. The highest BCUT2D eigenvalue weighted by atomic mass is 32.2. The van der Waals surface area contributed by atoms with Crippen LogP contribution < -0.4 is 11.3 Å². The molecule has 2 aromatic rings. The second-order valence-corrected chi connectivity index (χ2v) is 4.40. The van der Waals surface area contributed by atoms with Crippen molar-refractivity contribution in [2.45, 2.75) is 10.1 Å². The van der Waals surface area contributed by atoms with Crippen molar-refractivity contribution in [1.29, 1.82) is 5.41 Å². The fourth-order valence-electron chi connectivity index (χ4n) is 1.36. The zero-order valence-electron chi connectivity index (χ0n) is 9.11.